The average molecular weight is 401 g/mol. The van der Waals surface area contributed by atoms with E-state index in [-0.39, 0.29) is 5.91 Å². The van der Waals surface area contributed by atoms with Gasteiger partial charge in [-0.15, -0.1) is 11.3 Å². The quantitative estimate of drug-likeness (QED) is 0.480. The summed E-state index contributed by atoms with van der Waals surface area (Å²) in [6.45, 7) is 4.10. The molecule has 0 aliphatic rings. The van der Waals surface area contributed by atoms with Crippen LogP contribution >= 0.6 is 11.3 Å². The first-order chi connectivity index (χ1) is 14.1. The van der Waals surface area contributed by atoms with Crippen LogP contribution in [0.1, 0.15) is 20.8 Å². The SMILES string of the molecule is Cc1cc(C)cc(Nc2nccc(-c3ncc(C(=O)Nc4ccccc4)s3)n2)c1. The van der Waals surface area contributed by atoms with Gasteiger partial charge in [-0.1, -0.05) is 24.3 Å². The number of nitrogens with one attached hydrogen (secondary N) is 2. The van der Waals surface area contributed by atoms with E-state index < -0.39 is 0 Å². The molecule has 0 aliphatic carbocycles. The monoisotopic (exact) mass is 401 g/mol. The van der Waals surface area contributed by atoms with Gasteiger partial charge in [0.2, 0.25) is 5.95 Å². The minimum atomic E-state index is -0.192. The van der Waals surface area contributed by atoms with Crippen LogP contribution < -0.4 is 10.6 Å². The molecule has 0 unspecified atom stereocenters. The number of hydrogen-bond donors (Lipinski definition) is 2. The fourth-order valence-electron chi connectivity index (χ4n) is 2.93. The van der Waals surface area contributed by atoms with Crippen LogP contribution in [0.5, 0.6) is 0 Å². The van der Waals surface area contributed by atoms with E-state index >= 15 is 0 Å². The number of carbonyl (C=O) groups excluding carboxylic acids is 1. The standard InChI is InChI=1S/C22H19N5OS/c1-14-10-15(2)12-17(11-14)26-22-23-9-8-18(27-22)21-24-13-19(29-21)20(28)25-16-6-4-3-5-7-16/h3-13H,1-2H3,(H,25,28)(H,23,26,27). The minimum absolute atomic E-state index is 0.192. The molecule has 0 aliphatic heterocycles. The molecule has 1 amide bonds. The predicted molar refractivity (Wildman–Crippen MR) is 117 cm³/mol. The Morgan fingerprint density at radius 3 is 2.45 bits per heavy atom. The third-order valence-corrected chi connectivity index (χ3v) is 5.13. The number of aryl methyl sites for hydroxylation is 2. The molecule has 0 bridgehead atoms. The molecule has 0 fully saturated rings. The van der Waals surface area contributed by atoms with Crippen LogP contribution in [0.4, 0.5) is 17.3 Å². The summed E-state index contributed by atoms with van der Waals surface area (Å²) in [4.78, 5) is 26.2. The lowest BCUT2D eigenvalue weighted by Gasteiger charge is -2.07. The third-order valence-electron chi connectivity index (χ3n) is 4.11. The van der Waals surface area contributed by atoms with Crippen molar-refractivity contribution in [1.82, 2.24) is 15.0 Å². The third kappa shape index (κ3) is 4.64. The van der Waals surface area contributed by atoms with E-state index in [1.165, 1.54) is 11.3 Å². The highest BCUT2D eigenvalue weighted by Crippen LogP contribution is 2.25. The lowest BCUT2D eigenvalue weighted by Crippen LogP contribution is -2.09. The van der Waals surface area contributed by atoms with Gasteiger partial charge in [-0.2, -0.15) is 0 Å². The molecule has 29 heavy (non-hydrogen) atoms. The maximum atomic E-state index is 12.4. The Balaban J connectivity index is 1.52. The molecular weight excluding hydrogens is 382 g/mol. The first kappa shape index (κ1) is 18.8. The molecule has 6 nitrogen and oxygen atoms in total. The van der Waals surface area contributed by atoms with Crippen molar-refractivity contribution in [3.8, 4) is 10.7 Å². The summed E-state index contributed by atoms with van der Waals surface area (Å²) in [6, 6.07) is 17.3. The van der Waals surface area contributed by atoms with E-state index in [4.69, 9.17) is 0 Å². The predicted octanol–water partition coefficient (Wildman–Crippen LogP) is 5.21. The number of amides is 1. The van der Waals surface area contributed by atoms with Gasteiger partial charge in [0.05, 0.1) is 6.20 Å². The van der Waals surface area contributed by atoms with Gasteiger partial charge in [0, 0.05) is 17.6 Å². The van der Waals surface area contributed by atoms with Gasteiger partial charge < -0.3 is 10.6 Å². The second-order valence-corrected chi connectivity index (χ2v) is 7.65. The van der Waals surface area contributed by atoms with Crippen molar-refractivity contribution in [3.05, 3.63) is 83.0 Å². The number of hydrogen-bond acceptors (Lipinski definition) is 6. The number of para-hydroxylation sites is 1. The van der Waals surface area contributed by atoms with Crippen LogP contribution in [0, 0.1) is 13.8 Å². The van der Waals surface area contributed by atoms with Crippen molar-refractivity contribution in [2.45, 2.75) is 13.8 Å². The Labute approximate surface area is 172 Å². The molecule has 0 saturated heterocycles. The molecule has 4 aromatic rings. The van der Waals surface area contributed by atoms with Gasteiger partial charge in [-0.05, 0) is 55.3 Å². The molecular formula is C22H19N5OS. The maximum Gasteiger partial charge on any atom is 0.267 e. The van der Waals surface area contributed by atoms with Crippen molar-refractivity contribution in [2.24, 2.45) is 0 Å². The zero-order valence-corrected chi connectivity index (χ0v) is 16.8. The number of rotatable bonds is 5. The number of carbonyl (C=O) groups is 1. The first-order valence-electron chi connectivity index (χ1n) is 9.08. The Morgan fingerprint density at radius 1 is 0.931 bits per heavy atom. The van der Waals surface area contributed by atoms with Crippen molar-refractivity contribution >= 4 is 34.6 Å². The van der Waals surface area contributed by atoms with E-state index in [2.05, 4.69) is 31.7 Å². The fourth-order valence-corrected chi connectivity index (χ4v) is 3.71. The topological polar surface area (TPSA) is 79.8 Å². The molecule has 0 atom stereocenters. The van der Waals surface area contributed by atoms with Crippen LogP contribution in [-0.2, 0) is 0 Å². The van der Waals surface area contributed by atoms with Crippen molar-refractivity contribution < 1.29 is 4.79 Å². The lowest BCUT2D eigenvalue weighted by molar-refractivity contribution is 0.103. The maximum absolute atomic E-state index is 12.4. The molecule has 2 aromatic carbocycles. The molecule has 4 rings (SSSR count). The fraction of sp³-hybridized carbons (Fsp3) is 0.0909. The highest BCUT2D eigenvalue weighted by Gasteiger charge is 2.13. The van der Waals surface area contributed by atoms with Crippen LogP contribution in [0.25, 0.3) is 10.7 Å². The Kier molecular flexibility index (Phi) is 5.31. The molecule has 0 radical (unpaired) electrons. The van der Waals surface area contributed by atoms with Gasteiger partial charge in [0.1, 0.15) is 15.6 Å². The highest BCUT2D eigenvalue weighted by atomic mass is 32.1. The number of anilines is 3. The van der Waals surface area contributed by atoms with E-state index in [0.29, 0.717) is 21.5 Å². The Morgan fingerprint density at radius 2 is 1.69 bits per heavy atom. The molecule has 0 saturated carbocycles. The van der Waals surface area contributed by atoms with Gasteiger partial charge >= 0.3 is 0 Å². The van der Waals surface area contributed by atoms with Crippen LogP contribution in [0.3, 0.4) is 0 Å². The number of aromatic nitrogens is 3. The van der Waals surface area contributed by atoms with E-state index in [0.717, 1.165) is 22.5 Å². The molecule has 2 N–H and O–H groups in total. The lowest BCUT2D eigenvalue weighted by atomic mass is 10.1. The zero-order chi connectivity index (χ0) is 20.2. The smallest absolute Gasteiger partial charge is 0.267 e. The first-order valence-corrected chi connectivity index (χ1v) is 9.89. The van der Waals surface area contributed by atoms with Crippen LogP contribution in [0.15, 0.2) is 67.0 Å². The van der Waals surface area contributed by atoms with E-state index in [1.807, 2.05) is 56.3 Å². The van der Waals surface area contributed by atoms with Crippen molar-refractivity contribution in [3.63, 3.8) is 0 Å². The summed E-state index contributed by atoms with van der Waals surface area (Å²) < 4.78 is 0. The number of nitrogens with zero attached hydrogens (tertiary/aromatic N) is 3. The van der Waals surface area contributed by atoms with Crippen molar-refractivity contribution in [2.75, 3.05) is 10.6 Å². The summed E-state index contributed by atoms with van der Waals surface area (Å²) >= 11 is 1.29. The largest absolute Gasteiger partial charge is 0.324 e. The van der Waals surface area contributed by atoms with Crippen LogP contribution in [0.2, 0.25) is 0 Å². The van der Waals surface area contributed by atoms with Gasteiger partial charge in [-0.25, -0.2) is 15.0 Å². The summed E-state index contributed by atoms with van der Waals surface area (Å²) in [7, 11) is 0. The normalized spacial score (nSPS) is 10.6. The molecule has 7 heteroatoms. The van der Waals surface area contributed by atoms with Crippen molar-refractivity contribution in [1.29, 1.82) is 0 Å². The number of thiazole rings is 1. The summed E-state index contributed by atoms with van der Waals surface area (Å²) in [5, 5.41) is 6.76. The van der Waals surface area contributed by atoms with Gasteiger partial charge in [-0.3, -0.25) is 4.79 Å². The van der Waals surface area contributed by atoms with Gasteiger partial charge in [0.15, 0.2) is 0 Å². The second kappa shape index (κ2) is 8.20. The van der Waals surface area contributed by atoms with Crippen LogP contribution in [-0.4, -0.2) is 20.9 Å². The highest BCUT2D eigenvalue weighted by molar-refractivity contribution is 7.17. The summed E-state index contributed by atoms with van der Waals surface area (Å²) in [6.07, 6.45) is 3.25. The second-order valence-electron chi connectivity index (χ2n) is 6.62. The molecule has 0 spiro atoms. The average Bonchev–Trinajstić information content (AvgIpc) is 3.19. The number of benzene rings is 2. The summed E-state index contributed by atoms with van der Waals surface area (Å²) in [5.41, 5.74) is 4.67. The van der Waals surface area contributed by atoms with E-state index in [1.54, 1.807) is 18.5 Å². The molecule has 2 aromatic heterocycles. The minimum Gasteiger partial charge on any atom is -0.324 e. The Hall–Kier alpha value is -3.58. The zero-order valence-electron chi connectivity index (χ0n) is 16.0. The van der Waals surface area contributed by atoms with Gasteiger partial charge in [0.25, 0.3) is 5.91 Å². The molecule has 2 heterocycles. The summed E-state index contributed by atoms with van der Waals surface area (Å²) in [5.74, 6) is 0.292. The Bertz CT molecular complexity index is 1140. The van der Waals surface area contributed by atoms with E-state index in [9.17, 15) is 4.79 Å². The molecule has 144 valence electrons.